The minimum atomic E-state index is 0.348. The van der Waals surface area contributed by atoms with Crippen LogP contribution in [0.5, 0.6) is 11.5 Å². The van der Waals surface area contributed by atoms with Gasteiger partial charge in [-0.1, -0.05) is 35.9 Å². The van der Waals surface area contributed by atoms with E-state index >= 15 is 0 Å². The number of hydrogen-bond donors (Lipinski definition) is 1. The molecule has 5 aromatic rings. The Hall–Kier alpha value is -3.95. The van der Waals surface area contributed by atoms with Crippen LogP contribution in [0.1, 0.15) is 6.42 Å². The number of rotatable bonds is 9. The van der Waals surface area contributed by atoms with Gasteiger partial charge in [0.2, 0.25) is 0 Å². The zero-order chi connectivity index (χ0) is 25.9. The molecule has 3 aromatic heterocycles. The molecule has 0 radical (unpaired) electrons. The zero-order valence-electron chi connectivity index (χ0n) is 20.5. The number of aryl methyl sites for hydroxylation is 1. The van der Waals surface area contributed by atoms with Crippen LogP contribution in [0.15, 0.2) is 55.0 Å². The lowest BCUT2D eigenvalue weighted by molar-refractivity contribution is -0.107. The quantitative estimate of drug-likeness (QED) is 0.181. The Morgan fingerprint density at radius 2 is 1.92 bits per heavy atom. The first kappa shape index (κ1) is 24.7. The Morgan fingerprint density at radius 1 is 1.11 bits per heavy atom. The van der Waals surface area contributed by atoms with E-state index in [2.05, 4.69) is 10.3 Å². The highest BCUT2D eigenvalue weighted by molar-refractivity contribution is 7.22. The first-order valence-corrected chi connectivity index (χ1v) is 12.7. The third kappa shape index (κ3) is 4.75. The largest absolute Gasteiger partial charge is 0.497 e. The smallest absolute Gasteiger partial charge is 0.183 e. The van der Waals surface area contributed by atoms with Crippen LogP contribution in [0.4, 0.5) is 5.82 Å². The summed E-state index contributed by atoms with van der Waals surface area (Å²) in [5, 5.41) is 4.70. The summed E-state index contributed by atoms with van der Waals surface area (Å²) in [4.78, 5) is 27.0. The molecule has 0 amide bonds. The molecule has 0 saturated heterocycles. The van der Waals surface area contributed by atoms with Crippen LogP contribution < -0.4 is 14.8 Å². The van der Waals surface area contributed by atoms with Crippen LogP contribution >= 0.6 is 22.9 Å². The van der Waals surface area contributed by atoms with Gasteiger partial charge >= 0.3 is 0 Å². The molecule has 3 heterocycles. The molecule has 0 aliphatic carbocycles. The summed E-state index contributed by atoms with van der Waals surface area (Å²) in [7, 11) is 5.13. The van der Waals surface area contributed by atoms with Crippen molar-refractivity contribution >= 4 is 45.3 Å². The molecule has 2 aromatic carbocycles. The minimum Gasteiger partial charge on any atom is -0.497 e. The highest BCUT2D eigenvalue weighted by atomic mass is 35.5. The lowest BCUT2D eigenvalue weighted by atomic mass is 9.99. The number of hydrogen-bond acceptors (Lipinski definition) is 8. The molecule has 0 bridgehead atoms. The van der Waals surface area contributed by atoms with E-state index in [9.17, 15) is 4.79 Å². The Kier molecular flexibility index (Phi) is 7.07. The van der Waals surface area contributed by atoms with Crippen LogP contribution in [0, 0.1) is 0 Å². The van der Waals surface area contributed by atoms with Crippen molar-refractivity contribution in [1.29, 1.82) is 0 Å². The molecule has 10 heteroatoms. The maximum absolute atomic E-state index is 11.1. The van der Waals surface area contributed by atoms with Crippen molar-refractivity contribution in [2.24, 2.45) is 7.05 Å². The molecule has 0 aliphatic rings. The van der Waals surface area contributed by atoms with Gasteiger partial charge in [0.05, 0.1) is 31.0 Å². The fourth-order valence-electron chi connectivity index (χ4n) is 4.09. The number of methoxy groups -OCH3 is 2. The van der Waals surface area contributed by atoms with E-state index < -0.39 is 0 Å². The fraction of sp³-hybridized carbons (Fsp3) is 0.185. The molecule has 0 fully saturated rings. The number of fused-ring (bicyclic) bond motifs is 1. The van der Waals surface area contributed by atoms with Crippen molar-refractivity contribution in [3.63, 3.8) is 0 Å². The predicted octanol–water partition coefficient (Wildman–Crippen LogP) is 6.10. The van der Waals surface area contributed by atoms with E-state index in [4.69, 9.17) is 31.0 Å². The molecule has 1 N–H and O–H groups in total. The third-order valence-electron chi connectivity index (χ3n) is 5.85. The number of ether oxygens (including phenoxy) is 2. The summed E-state index contributed by atoms with van der Waals surface area (Å²) in [6.07, 6.45) is 4.81. The number of nitrogens with one attached hydrogen (secondary N) is 1. The average Bonchev–Trinajstić information content (AvgIpc) is 3.52. The second-order valence-corrected chi connectivity index (χ2v) is 9.62. The van der Waals surface area contributed by atoms with Gasteiger partial charge in [-0.05, 0) is 23.8 Å². The standard InChI is InChI=1S/C27H24ClN5O3S/c1-33-14-19(30-15-33)25-31-26(29-12-5-13-34)22-21(16-8-10-17(35-2)11-9-16)24(37-27(22)32-25)18-6-4-7-20(36-3)23(18)28/h4,6-11,13-15H,5,12H2,1-3H3,(H,29,31,32). The monoisotopic (exact) mass is 533 g/mol. The van der Waals surface area contributed by atoms with E-state index in [1.165, 1.54) is 11.3 Å². The molecule has 0 unspecified atom stereocenters. The van der Waals surface area contributed by atoms with Gasteiger partial charge < -0.3 is 24.2 Å². The van der Waals surface area contributed by atoms with Crippen molar-refractivity contribution in [2.75, 3.05) is 26.1 Å². The van der Waals surface area contributed by atoms with Crippen molar-refractivity contribution < 1.29 is 14.3 Å². The summed E-state index contributed by atoms with van der Waals surface area (Å²) in [5.74, 6) is 2.46. The SMILES string of the molecule is COc1ccc(-c2c(-c3cccc(OC)c3Cl)sc3nc(-c4cn(C)cn4)nc(NCCC=O)c23)cc1. The van der Waals surface area contributed by atoms with Gasteiger partial charge in [0, 0.05) is 42.2 Å². The first-order chi connectivity index (χ1) is 18.0. The number of nitrogens with zero attached hydrogens (tertiary/aromatic N) is 4. The van der Waals surface area contributed by atoms with Crippen molar-refractivity contribution in [1.82, 2.24) is 19.5 Å². The Labute approximate surface area is 222 Å². The molecule has 8 nitrogen and oxygen atoms in total. The molecule has 5 rings (SSSR count). The van der Waals surface area contributed by atoms with Gasteiger partial charge in [0.1, 0.15) is 34.1 Å². The number of halogens is 1. The van der Waals surface area contributed by atoms with Gasteiger partial charge in [-0.15, -0.1) is 11.3 Å². The third-order valence-corrected chi connectivity index (χ3v) is 7.35. The topological polar surface area (TPSA) is 91.2 Å². The van der Waals surface area contributed by atoms with Crippen molar-refractivity contribution in [3.8, 4) is 44.6 Å². The molecular formula is C27H24ClN5O3S. The zero-order valence-corrected chi connectivity index (χ0v) is 22.1. The summed E-state index contributed by atoms with van der Waals surface area (Å²) >= 11 is 8.33. The van der Waals surface area contributed by atoms with E-state index in [0.29, 0.717) is 41.1 Å². The summed E-state index contributed by atoms with van der Waals surface area (Å²) in [5.41, 5.74) is 3.36. The number of aromatic nitrogens is 4. The van der Waals surface area contributed by atoms with Crippen LogP contribution in [0.25, 0.3) is 43.3 Å². The van der Waals surface area contributed by atoms with Crippen molar-refractivity contribution in [2.45, 2.75) is 6.42 Å². The predicted molar refractivity (Wildman–Crippen MR) is 148 cm³/mol. The number of carbonyl (C=O) groups is 1. The van der Waals surface area contributed by atoms with E-state index in [1.54, 1.807) is 20.5 Å². The normalized spacial score (nSPS) is 11.0. The number of carbonyl (C=O) groups excluding carboxylic acids is 1. The molecular weight excluding hydrogens is 510 g/mol. The average molecular weight is 534 g/mol. The van der Waals surface area contributed by atoms with Crippen LogP contribution in [-0.4, -0.2) is 46.6 Å². The number of imidazole rings is 1. The van der Waals surface area contributed by atoms with E-state index in [0.717, 1.165) is 43.8 Å². The number of thiophene rings is 1. The maximum atomic E-state index is 11.1. The van der Waals surface area contributed by atoms with Gasteiger partial charge in [0.25, 0.3) is 0 Å². The Balaban J connectivity index is 1.82. The molecule has 0 aliphatic heterocycles. The number of aldehydes is 1. The number of anilines is 1. The highest BCUT2D eigenvalue weighted by Gasteiger charge is 2.24. The first-order valence-electron chi connectivity index (χ1n) is 11.5. The van der Waals surface area contributed by atoms with Crippen LogP contribution in [-0.2, 0) is 11.8 Å². The summed E-state index contributed by atoms with van der Waals surface area (Å²) in [6.45, 7) is 0.435. The molecule has 0 spiro atoms. The molecule has 0 saturated carbocycles. The molecule has 188 valence electrons. The second-order valence-electron chi connectivity index (χ2n) is 8.24. The van der Waals surface area contributed by atoms with E-state index in [-0.39, 0.29) is 0 Å². The van der Waals surface area contributed by atoms with Crippen LogP contribution in [0.2, 0.25) is 5.02 Å². The van der Waals surface area contributed by atoms with Gasteiger partial charge in [-0.2, -0.15) is 0 Å². The van der Waals surface area contributed by atoms with Gasteiger partial charge in [0.15, 0.2) is 5.82 Å². The fourth-order valence-corrected chi connectivity index (χ4v) is 5.67. The van der Waals surface area contributed by atoms with Crippen molar-refractivity contribution in [3.05, 3.63) is 60.0 Å². The lowest BCUT2D eigenvalue weighted by Gasteiger charge is -2.12. The minimum absolute atomic E-state index is 0.348. The van der Waals surface area contributed by atoms with Gasteiger partial charge in [-0.25, -0.2) is 15.0 Å². The summed E-state index contributed by atoms with van der Waals surface area (Å²) < 4.78 is 12.7. The lowest BCUT2D eigenvalue weighted by Crippen LogP contribution is -2.06. The molecule has 37 heavy (non-hydrogen) atoms. The van der Waals surface area contributed by atoms with Gasteiger partial charge in [-0.3, -0.25) is 0 Å². The van der Waals surface area contributed by atoms with E-state index in [1.807, 2.05) is 60.3 Å². The highest BCUT2D eigenvalue weighted by Crippen LogP contribution is 2.49. The Morgan fingerprint density at radius 3 is 2.59 bits per heavy atom. The maximum Gasteiger partial charge on any atom is 0.183 e. The molecule has 0 atom stereocenters. The number of benzene rings is 2. The summed E-state index contributed by atoms with van der Waals surface area (Å²) in [6, 6.07) is 13.5. The van der Waals surface area contributed by atoms with Crippen LogP contribution in [0.3, 0.4) is 0 Å². The second kappa shape index (κ2) is 10.6. The Bertz CT molecular complexity index is 1580.